The molecule has 2 N–H and O–H groups in total. The fourth-order valence-corrected chi connectivity index (χ4v) is 4.27. The number of rotatable bonds is 7. The number of phenolic OH excluding ortho intramolecular Hbond substituents is 2. The van der Waals surface area contributed by atoms with E-state index < -0.39 is 0 Å². The van der Waals surface area contributed by atoms with Gasteiger partial charge in [0, 0.05) is 31.7 Å². The minimum atomic E-state index is -0.366. The maximum Gasteiger partial charge on any atom is 0.258 e. The zero-order chi connectivity index (χ0) is 22.7. The second-order valence-electron chi connectivity index (χ2n) is 8.80. The Kier molecular flexibility index (Phi) is 6.86. The van der Waals surface area contributed by atoms with Crippen LogP contribution in [0.25, 0.3) is 0 Å². The summed E-state index contributed by atoms with van der Waals surface area (Å²) in [6.07, 6.45) is 0.932. The highest BCUT2D eigenvalue weighted by molar-refractivity contribution is 5.98. The van der Waals surface area contributed by atoms with Gasteiger partial charge in [-0.1, -0.05) is 26.0 Å². The van der Waals surface area contributed by atoms with Crippen molar-refractivity contribution in [1.82, 2.24) is 9.80 Å². The van der Waals surface area contributed by atoms with Crippen LogP contribution in [0.2, 0.25) is 0 Å². The standard InChI is InChI=1S/C25H32N2O5/c1-17(2)19-13-20(24(29)22(28)14-19)25(30)27-15-18-5-3-6-23(21(18)16-27)32-10-4-7-26-8-11-31-12-9-26/h3,5-6,13-14,17,28-29H,4,7-12,15-16H2,1-2H3. The summed E-state index contributed by atoms with van der Waals surface area (Å²) in [6.45, 7) is 9.96. The highest BCUT2D eigenvalue weighted by Crippen LogP contribution is 2.37. The predicted molar refractivity (Wildman–Crippen MR) is 121 cm³/mol. The van der Waals surface area contributed by atoms with Gasteiger partial charge in [-0.15, -0.1) is 0 Å². The lowest BCUT2D eigenvalue weighted by molar-refractivity contribution is 0.0357. The van der Waals surface area contributed by atoms with Crippen molar-refractivity contribution in [3.05, 3.63) is 52.6 Å². The van der Waals surface area contributed by atoms with Gasteiger partial charge >= 0.3 is 0 Å². The van der Waals surface area contributed by atoms with Gasteiger partial charge in [0.1, 0.15) is 5.75 Å². The highest BCUT2D eigenvalue weighted by atomic mass is 16.5. The van der Waals surface area contributed by atoms with Crippen LogP contribution in [0.4, 0.5) is 0 Å². The molecule has 7 nitrogen and oxygen atoms in total. The lowest BCUT2D eigenvalue weighted by Gasteiger charge is -2.26. The van der Waals surface area contributed by atoms with E-state index in [1.165, 1.54) is 6.07 Å². The topological polar surface area (TPSA) is 82.5 Å². The summed E-state index contributed by atoms with van der Waals surface area (Å²) in [4.78, 5) is 17.3. The lowest BCUT2D eigenvalue weighted by Crippen LogP contribution is -2.37. The smallest absolute Gasteiger partial charge is 0.258 e. The first-order chi connectivity index (χ1) is 15.4. The SMILES string of the molecule is CC(C)c1cc(O)c(O)c(C(=O)N2Cc3cccc(OCCCN4CCOCC4)c3C2)c1. The van der Waals surface area contributed by atoms with Crippen molar-refractivity contribution in [1.29, 1.82) is 0 Å². The average molecular weight is 441 g/mol. The van der Waals surface area contributed by atoms with E-state index in [-0.39, 0.29) is 28.9 Å². The summed E-state index contributed by atoms with van der Waals surface area (Å²) in [7, 11) is 0. The quantitative estimate of drug-likeness (QED) is 0.507. The Morgan fingerprint density at radius 2 is 1.94 bits per heavy atom. The number of hydrogen-bond acceptors (Lipinski definition) is 6. The molecular formula is C25H32N2O5. The minimum Gasteiger partial charge on any atom is -0.504 e. The van der Waals surface area contributed by atoms with E-state index >= 15 is 0 Å². The molecule has 2 aliphatic rings. The maximum atomic E-state index is 13.2. The summed E-state index contributed by atoms with van der Waals surface area (Å²) in [5.74, 6) is 0.00864. The molecule has 32 heavy (non-hydrogen) atoms. The van der Waals surface area contributed by atoms with Gasteiger partial charge in [0.15, 0.2) is 11.5 Å². The monoisotopic (exact) mass is 440 g/mol. The van der Waals surface area contributed by atoms with Crippen LogP contribution in [-0.2, 0) is 17.8 Å². The van der Waals surface area contributed by atoms with Gasteiger partial charge in [-0.05, 0) is 41.7 Å². The third-order valence-corrected chi connectivity index (χ3v) is 6.22. The molecule has 4 rings (SSSR count). The summed E-state index contributed by atoms with van der Waals surface area (Å²) in [5.41, 5.74) is 3.00. The van der Waals surface area contributed by atoms with Crippen LogP contribution in [0.15, 0.2) is 30.3 Å². The third kappa shape index (κ3) is 4.84. The van der Waals surface area contributed by atoms with E-state index in [2.05, 4.69) is 4.90 Å². The molecule has 1 fully saturated rings. The third-order valence-electron chi connectivity index (χ3n) is 6.22. The van der Waals surface area contributed by atoms with Crippen LogP contribution in [0, 0.1) is 0 Å². The summed E-state index contributed by atoms with van der Waals surface area (Å²) >= 11 is 0. The fraction of sp³-hybridized carbons (Fsp3) is 0.480. The van der Waals surface area contributed by atoms with Crippen LogP contribution in [0.1, 0.15) is 53.2 Å². The van der Waals surface area contributed by atoms with Gasteiger partial charge in [-0.3, -0.25) is 9.69 Å². The van der Waals surface area contributed by atoms with Gasteiger partial charge < -0.3 is 24.6 Å². The van der Waals surface area contributed by atoms with Gasteiger partial charge in [-0.25, -0.2) is 0 Å². The second kappa shape index (κ2) is 9.79. The van der Waals surface area contributed by atoms with Crippen LogP contribution in [0.3, 0.4) is 0 Å². The Bertz CT molecular complexity index is 969. The minimum absolute atomic E-state index is 0.126. The first-order valence-electron chi connectivity index (χ1n) is 11.3. The first-order valence-corrected chi connectivity index (χ1v) is 11.3. The van der Waals surface area contributed by atoms with Crippen LogP contribution in [-0.4, -0.2) is 65.4 Å². The number of fused-ring (bicyclic) bond motifs is 1. The number of phenols is 2. The number of benzene rings is 2. The maximum absolute atomic E-state index is 13.2. The van der Waals surface area contributed by atoms with Gasteiger partial charge in [-0.2, -0.15) is 0 Å². The highest BCUT2D eigenvalue weighted by Gasteiger charge is 2.29. The van der Waals surface area contributed by atoms with E-state index in [0.717, 1.165) is 61.7 Å². The van der Waals surface area contributed by atoms with Crippen LogP contribution >= 0.6 is 0 Å². The molecular weight excluding hydrogens is 408 g/mol. The number of aromatic hydroxyl groups is 2. The number of carbonyl (C=O) groups excluding carboxylic acids is 1. The summed E-state index contributed by atoms with van der Waals surface area (Å²) in [6, 6.07) is 9.09. The Hall–Kier alpha value is -2.77. The van der Waals surface area contributed by atoms with Crippen molar-refractivity contribution in [2.24, 2.45) is 0 Å². The van der Waals surface area contributed by atoms with Gasteiger partial charge in [0.25, 0.3) is 5.91 Å². The van der Waals surface area contributed by atoms with E-state index in [1.807, 2.05) is 32.0 Å². The Morgan fingerprint density at radius 3 is 2.69 bits per heavy atom. The van der Waals surface area contributed by atoms with E-state index in [4.69, 9.17) is 9.47 Å². The summed E-state index contributed by atoms with van der Waals surface area (Å²) in [5, 5.41) is 20.4. The predicted octanol–water partition coefficient (Wildman–Crippen LogP) is 3.48. The van der Waals surface area contributed by atoms with Crippen molar-refractivity contribution in [3.8, 4) is 17.2 Å². The molecule has 0 unspecified atom stereocenters. The van der Waals surface area contributed by atoms with Crippen molar-refractivity contribution < 1.29 is 24.5 Å². The molecule has 0 saturated carbocycles. The van der Waals surface area contributed by atoms with Gasteiger partial charge in [0.05, 0.1) is 31.9 Å². The molecule has 1 amide bonds. The van der Waals surface area contributed by atoms with Crippen molar-refractivity contribution in [3.63, 3.8) is 0 Å². The van der Waals surface area contributed by atoms with E-state index in [0.29, 0.717) is 19.7 Å². The Morgan fingerprint density at radius 1 is 1.16 bits per heavy atom. The van der Waals surface area contributed by atoms with Crippen molar-refractivity contribution in [2.75, 3.05) is 39.5 Å². The lowest BCUT2D eigenvalue weighted by atomic mass is 9.99. The molecule has 2 aliphatic heterocycles. The van der Waals surface area contributed by atoms with E-state index in [9.17, 15) is 15.0 Å². The Balaban J connectivity index is 1.41. The molecule has 0 atom stereocenters. The van der Waals surface area contributed by atoms with Crippen LogP contribution < -0.4 is 4.74 Å². The second-order valence-corrected chi connectivity index (χ2v) is 8.80. The molecule has 172 valence electrons. The normalized spacial score (nSPS) is 16.4. The first kappa shape index (κ1) is 22.4. The largest absolute Gasteiger partial charge is 0.504 e. The Labute approximate surface area is 189 Å². The number of amides is 1. The molecule has 0 radical (unpaired) electrons. The van der Waals surface area contributed by atoms with Gasteiger partial charge in [0.2, 0.25) is 0 Å². The summed E-state index contributed by atoms with van der Waals surface area (Å²) < 4.78 is 11.5. The molecule has 2 aromatic rings. The fourth-order valence-electron chi connectivity index (χ4n) is 4.27. The molecule has 0 bridgehead atoms. The number of nitrogens with zero attached hydrogens (tertiary/aromatic N) is 2. The molecule has 2 aromatic carbocycles. The van der Waals surface area contributed by atoms with Crippen molar-refractivity contribution >= 4 is 5.91 Å². The van der Waals surface area contributed by atoms with Crippen LogP contribution in [0.5, 0.6) is 17.2 Å². The van der Waals surface area contributed by atoms with Crippen molar-refractivity contribution in [2.45, 2.75) is 39.3 Å². The molecule has 7 heteroatoms. The zero-order valence-corrected chi connectivity index (χ0v) is 18.8. The van der Waals surface area contributed by atoms with E-state index in [1.54, 1.807) is 11.0 Å². The molecule has 0 aliphatic carbocycles. The average Bonchev–Trinajstić information content (AvgIpc) is 3.24. The molecule has 2 heterocycles. The number of morpholine rings is 1. The molecule has 1 saturated heterocycles. The zero-order valence-electron chi connectivity index (χ0n) is 18.8. The number of ether oxygens (including phenoxy) is 2. The molecule has 0 spiro atoms. The number of carbonyl (C=O) groups is 1. The number of hydrogen-bond donors (Lipinski definition) is 2. The molecule has 0 aromatic heterocycles.